The van der Waals surface area contributed by atoms with E-state index < -0.39 is 10.0 Å². The fourth-order valence-electron chi connectivity index (χ4n) is 2.58. The third-order valence-corrected chi connectivity index (χ3v) is 4.99. The first-order chi connectivity index (χ1) is 12.9. The van der Waals surface area contributed by atoms with Crippen LogP contribution in [0.4, 0.5) is 5.69 Å². The summed E-state index contributed by atoms with van der Waals surface area (Å²) in [6, 6.07) is 10.7. The zero-order valence-electron chi connectivity index (χ0n) is 15.6. The topological polar surface area (TPSA) is 88.6 Å². The largest absolute Gasteiger partial charge is 0.492 e. The summed E-state index contributed by atoms with van der Waals surface area (Å²) in [6.45, 7) is 2.87. The van der Waals surface area contributed by atoms with Crippen molar-refractivity contribution in [1.82, 2.24) is 10.3 Å². The van der Waals surface area contributed by atoms with Crippen molar-refractivity contribution in [1.29, 1.82) is 0 Å². The van der Waals surface area contributed by atoms with Crippen molar-refractivity contribution in [3.63, 3.8) is 0 Å². The number of anilines is 1. The highest BCUT2D eigenvalue weighted by atomic mass is 32.2. The van der Waals surface area contributed by atoms with E-state index in [9.17, 15) is 13.2 Å². The minimum atomic E-state index is -3.50. The fraction of sp³-hybridized carbons (Fsp3) is 0.368. The van der Waals surface area contributed by atoms with Gasteiger partial charge in [0.1, 0.15) is 5.75 Å². The number of nitrogens with zero attached hydrogens (tertiary/aromatic N) is 2. The normalized spacial score (nSPS) is 11.0. The van der Waals surface area contributed by atoms with Crippen molar-refractivity contribution >= 4 is 21.6 Å². The smallest absolute Gasteiger partial charge is 0.232 e. The number of benzene rings is 1. The summed E-state index contributed by atoms with van der Waals surface area (Å²) >= 11 is 0. The molecule has 0 unspecified atom stereocenters. The van der Waals surface area contributed by atoms with Gasteiger partial charge in [-0.3, -0.25) is 14.1 Å². The summed E-state index contributed by atoms with van der Waals surface area (Å²) in [5, 5.41) is 2.81. The molecule has 27 heavy (non-hydrogen) atoms. The van der Waals surface area contributed by atoms with Crippen molar-refractivity contribution in [3.05, 3.63) is 54.4 Å². The van der Waals surface area contributed by atoms with E-state index in [0.717, 1.165) is 11.8 Å². The van der Waals surface area contributed by atoms with E-state index in [0.29, 0.717) is 31.0 Å². The summed E-state index contributed by atoms with van der Waals surface area (Å²) in [5.74, 6) is 0.372. The van der Waals surface area contributed by atoms with Gasteiger partial charge in [-0.1, -0.05) is 18.2 Å². The summed E-state index contributed by atoms with van der Waals surface area (Å²) in [4.78, 5) is 16.0. The van der Waals surface area contributed by atoms with Crippen molar-refractivity contribution in [2.24, 2.45) is 0 Å². The molecule has 1 aromatic heterocycles. The Labute approximate surface area is 160 Å². The Morgan fingerprint density at radius 2 is 2.00 bits per heavy atom. The van der Waals surface area contributed by atoms with E-state index >= 15 is 0 Å². The molecule has 0 aliphatic carbocycles. The van der Waals surface area contributed by atoms with Gasteiger partial charge in [0, 0.05) is 31.9 Å². The van der Waals surface area contributed by atoms with Crippen LogP contribution in [0.15, 0.2) is 48.8 Å². The molecule has 146 valence electrons. The SMILES string of the molecule is CCOc1ccccc1N(CCCC(=O)NCc1cccnc1)S(C)(=O)=O. The van der Waals surface area contributed by atoms with E-state index in [-0.39, 0.29) is 18.9 Å². The summed E-state index contributed by atoms with van der Waals surface area (Å²) in [6.07, 6.45) is 5.13. The number of sulfonamides is 1. The molecule has 2 rings (SSSR count). The first-order valence-electron chi connectivity index (χ1n) is 8.77. The molecule has 1 aromatic carbocycles. The van der Waals surface area contributed by atoms with Gasteiger partial charge in [-0.15, -0.1) is 0 Å². The lowest BCUT2D eigenvalue weighted by atomic mass is 10.2. The molecule has 1 amide bonds. The van der Waals surface area contributed by atoms with Gasteiger partial charge in [-0.05, 0) is 37.1 Å². The van der Waals surface area contributed by atoms with Crippen LogP contribution < -0.4 is 14.4 Å². The van der Waals surface area contributed by atoms with Crippen LogP contribution in [0.2, 0.25) is 0 Å². The van der Waals surface area contributed by atoms with E-state index in [1.807, 2.05) is 13.0 Å². The highest BCUT2D eigenvalue weighted by Gasteiger charge is 2.21. The van der Waals surface area contributed by atoms with Gasteiger partial charge >= 0.3 is 0 Å². The van der Waals surface area contributed by atoms with Gasteiger partial charge < -0.3 is 10.1 Å². The zero-order valence-corrected chi connectivity index (χ0v) is 16.4. The molecule has 1 heterocycles. The molecular weight excluding hydrogens is 366 g/mol. The Morgan fingerprint density at radius 1 is 1.22 bits per heavy atom. The second kappa shape index (κ2) is 9.91. The lowest BCUT2D eigenvalue weighted by molar-refractivity contribution is -0.121. The van der Waals surface area contributed by atoms with Gasteiger partial charge in [0.05, 0.1) is 18.6 Å². The van der Waals surface area contributed by atoms with E-state index in [1.165, 1.54) is 4.31 Å². The van der Waals surface area contributed by atoms with E-state index in [2.05, 4.69) is 10.3 Å². The van der Waals surface area contributed by atoms with E-state index in [1.54, 1.807) is 42.7 Å². The van der Waals surface area contributed by atoms with Crippen LogP contribution in [-0.4, -0.2) is 38.7 Å². The molecule has 0 saturated heterocycles. The number of aromatic nitrogens is 1. The number of amides is 1. The third-order valence-electron chi connectivity index (χ3n) is 3.81. The molecule has 1 N–H and O–H groups in total. The van der Waals surface area contributed by atoms with Crippen molar-refractivity contribution < 1.29 is 17.9 Å². The molecule has 8 heteroatoms. The molecule has 0 atom stereocenters. The molecule has 7 nitrogen and oxygen atoms in total. The molecule has 0 bridgehead atoms. The lowest BCUT2D eigenvalue weighted by Gasteiger charge is -2.24. The first kappa shape index (κ1) is 20.7. The molecule has 0 aliphatic rings. The predicted molar refractivity (Wildman–Crippen MR) is 105 cm³/mol. The van der Waals surface area contributed by atoms with Gasteiger partial charge in [-0.25, -0.2) is 8.42 Å². The van der Waals surface area contributed by atoms with Crippen LogP contribution in [0.25, 0.3) is 0 Å². The average molecular weight is 391 g/mol. The Hall–Kier alpha value is -2.61. The van der Waals surface area contributed by atoms with Crippen LogP contribution in [0.3, 0.4) is 0 Å². The lowest BCUT2D eigenvalue weighted by Crippen LogP contribution is -2.32. The number of nitrogens with one attached hydrogen (secondary N) is 1. The molecule has 0 saturated carbocycles. The molecule has 0 aliphatic heterocycles. The molecular formula is C19H25N3O4S. The quantitative estimate of drug-likeness (QED) is 0.672. The molecule has 2 aromatic rings. The van der Waals surface area contributed by atoms with Crippen LogP contribution in [0, 0.1) is 0 Å². The number of carbonyl (C=O) groups is 1. The van der Waals surface area contributed by atoms with Crippen LogP contribution >= 0.6 is 0 Å². The summed E-state index contributed by atoms with van der Waals surface area (Å²) in [5.41, 5.74) is 1.40. The highest BCUT2D eigenvalue weighted by molar-refractivity contribution is 7.92. The number of ether oxygens (including phenoxy) is 1. The second-order valence-electron chi connectivity index (χ2n) is 5.98. The van der Waals surface area contributed by atoms with Gasteiger partial charge in [0.25, 0.3) is 0 Å². The molecule has 0 radical (unpaired) electrons. The Kier molecular flexibility index (Phi) is 7.60. The number of hydrogen-bond acceptors (Lipinski definition) is 5. The van der Waals surface area contributed by atoms with Crippen molar-refractivity contribution in [3.8, 4) is 5.75 Å². The summed E-state index contributed by atoms with van der Waals surface area (Å²) < 4.78 is 31.3. The minimum absolute atomic E-state index is 0.134. The van der Waals surface area contributed by atoms with Crippen molar-refractivity contribution in [2.75, 3.05) is 23.7 Å². The fourth-order valence-corrected chi connectivity index (χ4v) is 3.55. The Balaban J connectivity index is 1.95. The monoisotopic (exact) mass is 391 g/mol. The number of pyridine rings is 1. The number of rotatable bonds is 10. The molecule has 0 fully saturated rings. The summed E-state index contributed by atoms with van der Waals surface area (Å²) in [7, 11) is -3.50. The maximum atomic E-state index is 12.2. The van der Waals surface area contributed by atoms with Crippen LogP contribution in [0.5, 0.6) is 5.75 Å². The van der Waals surface area contributed by atoms with Gasteiger partial charge in [0.2, 0.25) is 15.9 Å². The Morgan fingerprint density at radius 3 is 2.67 bits per heavy atom. The minimum Gasteiger partial charge on any atom is -0.492 e. The standard InChI is InChI=1S/C19H25N3O4S/c1-3-26-18-10-5-4-9-17(18)22(27(2,24)25)13-7-11-19(23)21-15-16-8-6-12-20-14-16/h4-6,8-10,12,14H,3,7,11,13,15H2,1-2H3,(H,21,23). The van der Waals surface area contributed by atoms with Gasteiger partial charge in [0.15, 0.2) is 0 Å². The van der Waals surface area contributed by atoms with E-state index in [4.69, 9.17) is 4.74 Å². The first-order valence-corrected chi connectivity index (χ1v) is 10.6. The number of hydrogen-bond donors (Lipinski definition) is 1. The number of carbonyl (C=O) groups excluding carboxylic acids is 1. The number of para-hydroxylation sites is 2. The van der Waals surface area contributed by atoms with Gasteiger partial charge in [-0.2, -0.15) is 0 Å². The van der Waals surface area contributed by atoms with Crippen LogP contribution in [-0.2, 0) is 21.4 Å². The van der Waals surface area contributed by atoms with Crippen molar-refractivity contribution in [2.45, 2.75) is 26.3 Å². The predicted octanol–water partition coefficient (Wildman–Crippen LogP) is 2.34. The average Bonchev–Trinajstić information content (AvgIpc) is 2.64. The molecule has 0 spiro atoms. The maximum absolute atomic E-state index is 12.2. The highest BCUT2D eigenvalue weighted by Crippen LogP contribution is 2.30. The maximum Gasteiger partial charge on any atom is 0.232 e. The third kappa shape index (κ3) is 6.56. The second-order valence-corrected chi connectivity index (χ2v) is 7.88. The van der Waals surface area contributed by atoms with Crippen LogP contribution in [0.1, 0.15) is 25.3 Å². The zero-order chi connectivity index (χ0) is 19.7. The Bertz CT molecular complexity index is 841.